The molecule has 11 heteroatoms. The van der Waals surface area contributed by atoms with E-state index < -0.39 is 11.3 Å². The van der Waals surface area contributed by atoms with Crippen molar-refractivity contribution in [2.45, 2.75) is 52.2 Å². The molecule has 0 spiro atoms. The van der Waals surface area contributed by atoms with Crippen LogP contribution in [0.3, 0.4) is 0 Å². The highest BCUT2D eigenvalue weighted by molar-refractivity contribution is 7.80. The molecule has 0 amide bonds. The van der Waals surface area contributed by atoms with Crippen molar-refractivity contribution in [1.82, 2.24) is 4.90 Å². The van der Waals surface area contributed by atoms with Gasteiger partial charge in [0.15, 0.2) is 23.0 Å². The topological polar surface area (TPSA) is 86.8 Å². The second kappa shape index (κ2) is 11.6. The van der Waals surface area contributed by atoms with Gasteiger partial charge in [-0.2, -0.15) is 0 Å². The zero-order valence-corrected chi connectivity index (χ0v) is 24.6. The van der Waals surface area contributed by atoms with E-state index in [1.165, 1.54) is 4.31 Å². The van der Waals surface area contributed by atoms with Crippen molar-refractivity contribution in [2.75, 3.05) is 61.7 Å². The Morgan fingerprint density at radius 1 is 1.10 bits per heavy atom. The number of benzene rings is 2. The number of rotatable bonds is 9. The molecule has 0 saturated carbocycles. The Bertz CT molecular complexity index is 1220. The van der Waals surface area contributed by atoms with Crippen LogP contribution in [0.15, 0.2) is 24.3 Å². The van der Waals surface area contributed by atoms with E-state index in [-0.39, 0.29) is 11.6 Å². The van der Waals surface area contributed by atoms with Crippen molar-refractivity contribution in [3.05, 3.63) is 34.9 Å². The molecule has 1 saturated heterocycles. The maximum atomic E-state index is 11.9. The quantitative estimate of drug-likeness (QED) is 0.319. The third kappa shape index (κ3) is 6.34. The third-order valence-electron chi connectivity index (χ3n) is 7.17. The smallest absolute Gasteiger partial charge is 0.184 e. The molecular formula is C28H37ClN3O6S-. The minimum Gasteiger partial charge on any atom is -0.755 e. The van der Waals surface area contributed by atoms with Crippen LogP contribution in [0.2, 0.25) is 5.02 Å². The van der Waals surface area contributed by atoms with E-state index in [0.717, 1.165) is 56.1 Å². The van der Waals surface area contributed by atoms with Crippen molar-refractivity contribution < 1.29 is 27.7 Å². The van der Waals surface area contributed by atoms with Crippen LogP contribution in [0, 0.1) is 0 Å². The summed E-state index contributed by atoms with van der Waals surface area (Å²) in [6, 6.07) is 7.25. The lowest BCUT2D eigenvalue weighted by Crippen LogP contribution is -2.47. The summed E-state index contributed by atoms with van der Waals surface area (Å²) in [4.78, 5) is 4.73. The van der Waals surface area contributed by atoms with Gasteiger partial charge in [0.2, 0.25) is 0 Å². The van der Waals surface area contributed by atoms with Gasteiger partial charge in [-0.1, -0.05) is 11.6 Å². The second-order valence-electron chi connectivity index (χ2n) is 11.1. The molecule has 1 fully saturated rings. The summed E-state index contributed by atoms with van der Waals surface area (Å²) < 4.78 is 49.3. The highest BCUT2D eigenvalue weighted by Gasteiger charge is 2.34. The van der Waals surface area contributed by atoms with E-state index >= 15 is 0 Å². The van der Waals surface area contributed by atoms with E-state index in [1.807, 2.05) is 45.9 Å². The molecule has 0 N–H and O–H groups in total. The standard InChI is InChI=1S/C28H38ClN3O6S/c1-19(2)32(39(33)34)22-14-20-18-28(3,4)38-26(20)25(17-22)35-11-5-6-30-7-9-31(10-8-30)23-15-21(29)16-24-27(23)37-13-12-36-24/h14-17,19H,5-13,18H2,1-4H3,(H,33,34)/p-1. The van der Waals surface area contributed by atoms with E-state index in [1.54, 1.807) is 6.07 Å². The number of hydrogen-bond donors (Lipinski definition) is 0. The highest BCUT2D eigenvalue weighted by Crippen LogP contribution is 2.45. The van der Waals surface area contributed by atoms with Crippen molar-refractivity contribution in [3.8, 4) is 23.0 Å². The van der Waals surface area contributed by atoms with Crippen molar-refractivity contribution >= 4 is 34.2 Å². The SMILES string of the molecule is CC(C)N(c1cc2c(c(OCCCN3CCN(c4cc(Cl)cc5c4OCCO5)CC3)c1)OC(C)(C)C2)S(=O)[O-]. The minimum absolute atomic E-state index is 0.209. The van der Waals surface area contributed by atoms with E-state index in [4.69, 9.17) is 30.5 Å². The Hall–Kier alpha value is -2.40. The van der Waals surface area contributed by atoms with Gasteiger partial charge in [0, 0.05) is 79.2 Å². The van der Waals surface area contributed by atoms with Gasteiger partial charge in [-0.3, -0.25) is 13.4 Å². The number of nitrogens with zero attached hydrogens (tertiary/aromatic N) is 3. The van der Waals surface area contributed by atoms with Gasteiger partial charge >= 0.3 is 0 Å². The number of anilines is 2. The van der Waals surface area contributed by atoms with Crippen LogP contribution < -0.4 is 28.2 Å². The van der Waals surface area contributed by atoms with Crippen LogP contribution in [0.4, 0.5) is 11.4 Å². The summed E-state index contributed by atoms with van der Waals surface area (Å²) in [6.45, 7) is 13.8. The van der Waals surface area contributed by atoms with Gasteiger partial charge in [-0.25, -0.2) is 0 Å². The number of ether oxygens (including phenoxy) is 4. The third-order valence-corrected chi connectivity index (χ3v) is 8.34. The molecular weight excluding hydrogens is 542 g/mol. The Kier molecular flexibility index (Phi) is 8.37. The fourth-order valence-corrected chi connectivity index (χ4v) is 6.30. The molecule has 2 aromatic rings. The summed E-state index contributed by atoms with van der Waals surface area (Å²) in [7, 11) is 0. The molecule has 5 rings (SSSR count). The van der Waals surface area contributed by atoms with Gasteiger partial charge in [-0.05, 0) is 46.2 Å². The summed E-state index contributed by atoms with van der Waals surface area (Å²) in [6.07, 6.45) is 1.54. The molecule has 0 aromatic heterocycles. The number of fused-ring (bicyclic) bond motifs is 2. The predicted octanol–water partition coefficient (Wildman–Crippen LogP) is 4.42. The van der Waals surface area contributed by atoms with Crippen LogP contribution in [0.5, 0.6) is 23.0 Å². The van der Waals surface area contributed by atoms with Crippen molar-refractivity contribution in [2.24, 2.45) is 0 Å². The zero-order chi connectivity index (χ0) is 27.7. The van der Waals surface area contributed by atoms with Gasteiger partial charge in [0.25, 0.3) is 0 Å². The summed E-state index contributed by atoms with van der Waals surface area (Å²) in [5.74, 6) is 2.81. The van der Waals surface area contributed by atoms with Gasteiger partial charge in [0.05, 0.1) is 18.0 Å². The fraction of sp³-hybridized carbons (Fsp3) is 0.571. The van der Waals surface area contributed by atoms with E-state index in [9.17, 15) is 8.76 Å². The van der Waals surface area contributed by atoms with Crippen LogP contribution in [-0.4, -0.2) is 77.8 Å². The van der Waals surface area contributed by atoms with Crippen LogP contribution >= 0.6 is 11.6 Å². The lowest BCUT2D eigenvalue weighted by molar-refractivity contribution is 0.131. The summed E-state index contributed by atoms with van der Waals surface area (Å²) in [5.41, 5.74) is 2.20. The number of hydrogen-bond acceptors (Lipinski definition) is 8. The van der Waals surface area contributed by atoms with Crippen LogP contribution in [0.25, 0.3) is 0 Å². The molecule has 3 aliphatic heterocycles. The molecule has 2 aromatic carbocycles. The molecule has 3 heterocycles. The summed E-state index contributed by atoms with van der Waals surface area (Å²) in [5, 5.41) is 0.648. The molecule has 0 aliphatic carbocycles. The molecule has 1 atom stereocenters. The Labute approximate surface area is 238 Å². The summed E-state index contributed by atoms with van der Waals surface area (Å²) >= 11 is 3.96. The molecule has 1 unspecified atom stereocenters. The highest BCUT2D eigenvalue weighted by atomic mass is 35.5. The van der Waals surface area contributed by atoms with Gasteiger partial charge in [0.1, 0.15) is 18.8 Å². The molecule has 214 valence electrons. The second-order valence-corrected chi connectivity index (χ2v) is 12.4. The first-order valence-electron chi connectivity index (χ1n) is 13.5. The lowest BCUT2D eigenvalue weighted by atomic mass is 10.0. The average Bonchev–Trinajstić information content (AvgIpc) is 3.20. The first kappa shape index (κ1) is 28.1. The van der Waals surface area contributed by atoms with Crippen LogP contribution in [-0.2, 0) is 17.7 Å². The van der Waals surface area contributed by atoms with Gasteiger partial charge < -0.3 is 28.4 Å². The molecule has 9 nitrogen and oxygen atoms in total. The van der Waals surface area contributed by atoms with E-state index in [2.05, 4.69) is 9.80 Å². The predicted molar refractivity (Wildman–Crippen MR) is 153 cm³/mol. The zero-order valence-electron chi connectivity index (χ0n) is 23.0. The maximum absolute atomic E-state index is 11.9. The largest absolute Gasteiger partial charge is 0.755 e. The Morgan fingerprint density at radius 3 is 2.56 bits per heavy atom. The molecule has 39 heavy (non-hydrogen) atoms. The monoisotopic (exact) mass is 578 g/mol. The van der Waals surface area contributed by atoms with Crippen molar-refractivity contribution in [3.63, 3.8) is 0 Å². The molecule has 0 radical (unpaired) electrons. The maximum Gasteiger partial charge on any atom is 0.184 e. The normalized spacial score (nSPS) is 19.0. The Balaban J connectivity index is 1.18. The van der Waals surface area contributed by atoms with E-state index in [0.29, 0.717) is 54.2 Å². The minimum atomic E-state index is -2.38. The number of piperazine rings is 1. The lowest BCUT2D eigenvalue weighted by Gasteiger charge is -2.37. The first-order valence-corrected chi connectivity index (χ1v) is 15.0. The molecule has 0 bridgehead atoms. The van der Waals surface area contributed by atoms with Crippen LogP contribution in [0.1, 0.15) is 39.7 Å². The van der Waals surface area contributed by atoms with Crippen molar-refractivity contribution in [1.29, 1.82) is 0 Å². The fourth-order valence-electron chi connectivity index (χ4n) is 5.47. The first-order chi connectivity index (χ1) is 18.6. The van der Waals surface area contributed by atoms with Gasteiger partial charge in [-0.15, -0.1) is 0 Å². The Morgan fingerprint density at radius 2 is 1.85 bits per heavy atom. The molecule has 3 aliphatic rings. The average molecular weight is 579 g/mol. The number of halogens is 1.